The number of H-pyrrole nitrogens is 1. The fourth-order valence-electron chi connectivity index (χ4n) is 3.90. The van der Waals surface area contributed by atoms with Crippen LogP contribution in [0, 0.1) is 26.7 Å². The average molecular weight is 441 g/mol. The van der Waals surface area contributed by atoms with E-state index in [2.05, 4.69) is 30.6 Å². The molecule has 0 spiro atoms. The number of aryl methyl sites for hydroxylation is 3. The summed E-state index contributed by atoms with van der Waals surface area (Å²) in [5.41, 5.74) is 6.03. The maximum absolute atomic E-state index is 12.9. The van der Waals surface area contributed by atoms with Gasteiger partial charge >= 0.3 is 0 Å². The standard InChI is InChI=1S/C25H24N6O2/c1-13-11-27-25(31-23(32)16-8-9-16)30-21(13)19-12-26-22-18(19)5-4-6-20(22)29-24(33)17-10-7-14(2)28-15(17)3/h4-7,10-12,16,26H,8-9H2,1-3H3,(H,29,33)(H,27,30,31,32). The van der Waals surface area contributed by atoms with Gasteiger partial charge in [0.1, 0.15) is 0 Å². The van der Waals surface area contributed by atoms with Crippen LogP contribution in [0.4, 0.5) is 11.6 Å². The predicted octanol–water partition coefficient (Wildman–Crippen LogP) is 4.55. The maximum Gasteiger partial charge on any atom is 0.257 e. The molecule has 4 aromatic rings. The molecule has 166 valence electrons. The fourth-order valence-corrected chi connectivity index (χ4v) is 3.90. The summed E-state index contributed by atoms with van der Waals surface area (Å²) in [7, 11) is 0. The molecule has 2 amide bonds. The Kier molecular flexibility index (Phi) is 5.12. The van der Waals surface area contributed by atoms with Crippen LogP contribution in [0.1, 0.15) is 40.2 Å². The van der Waals surface area contributed by atoms with Gasteiger partial charge in [-0.25, -0.2) is 9.97 Å². The molecule has 0 radical (unpaired) electrons. The van der Waals surface area contributed by atoms with E-state index in [1.807, 2.05) is 51.2 Å². The molecule has 1 aromatic carbocycles. The van der Waals surface area contributed by atoms with Crippen molar-refractivity contribution in [2.24, 2.45) is 5.92 Å². The molecule has 1 aliphatic carbocycles. The van der Waals surface area contributed by atoms with E-state index in [1.165, 1.54) is 0 Å². The number of hydrogen-bond donors (Lipinski definition) is 3. The fraction of sp³-hybridized carbons (Fsp3) is 0.240. The van der Waals surface area contributed by atoms with Crippen molar-refractivity contribution in [3.05, 3.63) is 65.2 Å². The third-order valence-electron chi connectivity index (χ3n) is 5.84. The van der Waals surface area contributed by atoms with E-state index >= 15 is 0 Å². The Labute approximate surface area is 190 Å². The zero-order valence-electron chi connectivity index (χ0n) is 18.7. The highest BCUT2D eigenvalue weighted by Gasteiger charge is 2.30. The summed E-state index contributed by atoms with van der Waals surface area (Å²) < 4.78 is 0. The highest BCUT2D eigenvalue weighted by atomic mass is 16.2. The summed E-state index contributed by atoms with van der Waals surface area (Å²) in [5, 5.41) is 6.72. The molecule has 0 atom stereocenters. The monoisotopic (exact) mass is 440 g/mol. The molecule has 0 aliphatic heterocycles. The van der Waals surface area contributed by atoms with Crippen molar-refractivity contribution < 1.29 is 9.59 Å². The lowest BCUT2D eigenvalue weighted by Crippen LogP contribution is -2.15. The SMILES string of the molecule is Cc1ccc(C(=O)Nc2cccc3c(-c4nc(NC(=O)C5CC5)ncc4C)c[nH]c23)c(C)n1. The summed E-state index contributed by atoms with van der Waals surface area (Å²) in [6, 6.07) is 9.33. The first-order chi connectivity index (χ1) is 15.9. The van der Waals surface area contributed by atoms with Gasteiger partial charge in [0, 0.05) is 35.0 Å². The van der Waals surface area contributed by atoms with E-state index in [4.69, 9.17) is 0 Å². The van der Waals surface area contributed by atoms with Crippen molar-refractivity contribution in [2.75, 3.05) is 10.6 Å². The minimum Gasteiger partial charge on any atom is -0.359 e. The number of nitrogens with one attached hydrogen (secondary N) is 3. The molecule has 33 heavy (non-hydrogen) atoms. The van der Waals surface area contributed by atoms with E-state index < -0.39 is 0 Å². The van der Waals surface area contributed by atoms with E-state index in [0.717, 1.165) is 46.3 Å². The largest absolute Gasteiger partial charge is 0.359 e. The maximum atomic E-state index is 12.9. The molecule has 8 heteroatoms. The van der Waals surface area contributed by atoms with Crippen LogP contribution in [0.5, 0.6) is 0 Å². The zero-order valence-corrected chi connectivity index (χ0v) is 18.7. The van der Waals surface area contributed by atoms with Gasteiger partial charge in [-0.3, -0.25) is 19.9 Å². The number of benzene rings is 1. The molecule has 0 saturated heterocycles. The van der Waals surface area contributed by atoms with Gasteiger partial charge in [-0.15, -0.1) is 0 Å². The van der Waals surface area contributed by atoms with Crippen LogP contribution in [-0.2, 0) is 4.79 Å². The number of fused-ring (bicyclic) bond motifs is 1. The Morgan fingerprint density at radius 3 is 2.61 bits per heavy atom. The smallest absolute Gasteiger partial charge is 0.257 e. The molecule has 3 heterocycles. The molecule has 0 unspecified atom stereocenters. The summed E-state index contributed by atoms with van der Waals surface area (Å²) >= 11 is 0. The van der Waals surface area contributed by atoms with Gasteiger partial charge in [0.15, 0.2) is 0 Å². The Balaban J connectivity index is 1.48. The first-order valence-electron chi connectivity index (χ1n) is 10.9. The molecule has 8 nitrogen and oxygen atoms in total. The van der Waals surface area contributed by atoms with Crippen LogP contribution >= 0.6 is 0 Å². The number of aromatic nitrogens is 4. The van der Waals surface area contributed by atoms with E-state index in [1.54, 1.807) is 12.3 Å². The highest BCUT2D eigenvalue weighted by Crippen LogP contribution is 2.34. The van der Waals surface area contributed by atoms with Crippen LogP contribution < -0.4 is 10.6 Å². The number of carbonyl (C=O) groups excluding carboxylic acids is 2. The predicted molar refractivity (Wildman–Crippen MR) is 127 cm³/mol. The minimum atomic E-state index is -0.216. The average Bonchev–Trinajstić information content (AvgIpc) is 3.55. The quantitative estimate of drug-likeness (QED) is 0.422. The lowest BCUT2D eigenvalue weighted by molar-refractivity contribution is -0.117. The summed E-state index contributed by atoms with van der Waals surface area (Å²) in [4.78, 5) is 41.6. The van der Waals surface area contributed by atoms with Crippen molar-refractivity contribution in [2.45, 2.75) is 33.6 Å². The van der Waals surface area contributed by atoms with E-state index in [-0.39, 0.29) is 17.7 Å². The Morgan fingerprint density at radius 1 is 1.03 bits per heavy atom. The van der Waals surface area contributed by atoms with Gasteiger partial charge in [0.2, 0.25) is 11.9 Å². The van der Waals surface area contributed by atoms with Crippen molar-refractivity contribution in [1.82, 2.24) is 19.9 Å². The lowest BCUT2D eigenvalue weighted by Gasteiger charge is -2.10. The molecule has 1 aliphatic rings. The van der Waals surface area contributed by atoms with Crippen LogP contribution in [-0.4, -0.2) is 31.8 Å². The molecule has 1 fully saturated rings. The lowest BCUT2D eigenvalue weighted by atomic mass is 10.1. The van der Waals surface area contributed by atoms with Crippen molar-refractivity contribution in [3.8, 4) is 11.3 Å². The number of para-hydroxylation sites is 1. The number of anilines is 2. The van der Waals surface area contributed by atoms with Crippen molar-refractivity contribution >= 4 is 34.4 Å². The Bertz CT molecular complexity index is 1400. The third kappa shape index (κ3) is 4.07. The first-order valence-corrected chi connectivity index (χ1v) is 10.9. The Morgan fingerprint density at radius 2 is 1.85 bits per heavy atom. The first kappa shape index (κ1) is 20.8. The van der Waals surface area contributed by atoms with Crippen LogP contribution in [0.2, 0.25) is 0 Å². The number of amides is 2. The molecular formula is C25H24N6O2. The van der Waals surface area contributed by atoms with E-state index in [0.29, 0.717) is 22.9 Å². The van der Waals surface area contributed by atoms with Crippen molar-refractivity contribution in [3.63, 3.8) is 0 Å². The molecule has 5 rings (SSSR count). The number of rotatable bonds is 5. The van der Waals surface area contributed by atoms with Gasteiger partial charge in [-0.2, -0.15) is 0 Å². The second kappa shape index (κ2) is 8.12. The molecule has 0 bridgehead atoms. The third-order valence-corrected chi connectivity index (χ3v) is 5.84. The minimum absolute atomic E-state index is 0.0328. The van der Waals surface area contributed by atoms with Crippen LogP contribution in [0.25, 0.3) is 22.2 Å². The summed E-state index contributed by atoms with van der Waals surface area (Å²) in [6.45, 7) is 5.65. The summed E-state index contributed by atoms with van der Waals surface area (Å²) in [6.07, 6.45) is 5.41. The van der Waals surface area contributed by atoms with Gasteiger partial charge in [0.25, 0.3) is 5.91 Å². The normalized spacial score (nSPS) is 13.2. The summed E-state index contributed by atoms with van der Waals surface area (Å²) in [5.74, 6) is 0.125. The topological polar surface area (TPSA) is 113 Å². The Hall–Kier alpha value is -4.07. The van der Waals surface area contributed by atoms with Gasteiger partial charge < -0.3 is 10.3 Å². The number of carbonyl (C=O) groups is 2. The number of pyridine rings is 1. The zero-order chi connectivity index (χ0) is 23.1. The second-order valence-electron chi connectivity index (χ2n) is 8.46. The number of nitrogens with zero attached hydrogens (tertiary/aromatic N) is 3. The molecular weight excluding hydrogens is 416 g/mol. The van der Waals surface area contributed by atoms with Gasteiger partial charge in [-0.1, -0.05) is 12.1 Å². The van der Waals surface area contributed by atoms with E-state index in [9.17, 15) is 9.59 Å². The highest BCUT2D eigenvalue weighted by molar-refractivity contribution is 6.11. The number of hydrogen-bond acceptors (Lipinski definition) is 5. The molecule has 1 saturated carbocycles. The molecule has 3 aromatic heterocycles. The number of aromatic amines is 1. The van der Waals surface area contributed by atoms with Crippen molar-refractivity contribution in [1.29, 1.82) is 0 Å². The van der Waals surface area contributed by atoms with Gasteiger partial charge in [-0.05, 0) is 57.4 Å². The van der Waals surface area contributed by atoms with Crippen LogP contribution in [0.15, 0.2) is 42.7 Å². The van der Waals surface area contributed by atoms with Gasteiger partial charge in [0.05, 0.1) is 28.2 Å². The second-order valence-corrected chi connectivity index (χ2v) is 8.46. The van der Waals surface area contributed by atoms with Crippen LogP contribution in [0.3, 0.4) is 0 Å². The molecule has 3 N–H and O–H groups in total.